The molecule has 0 radical (unpaired) electrons. The number of rotatable bonds is 1. The molecule has 1 amide bonds. The molecule has 126 valence electrons. The van der Waals surface area contributed by atoms with Crippen LogP contribution >= 0.6 is 0 Å². The number of nitrogens with zero attached hydrogens (tertiary/aromatic N) is 2. The van der Waals surface area contributed by atoms with Gasteiger partial charge in [-0.15, -0.1) is 0 Å². The van der Waals surface area contributed by atoms with Crippen molar-refractivity contribution in [1.29, 1.82) is 0 Å². The monoisotopic (exact) mass is 316 g/mol. The third-order valence-corrected chi connectivity index (χ3v) is 4.79. The summed E-state index contributed by atoms with van der Waals surface area (Å²) in [4.78, 5) is 16.6. The third-order valence-electron chi connectivity index (χ3n) is 4.79. The highest BCUT2D eigenvalue weighted by atomic mass is 16.6. The maximum Gasteiger partial charge on any atom is 0.410 e. The zero-order valence-corrected chi connectivity index (χ0v) is 14.5. The molecule has 0 atom stereocenters. The first-order chi connectivity index (χ1) is 10.9. The molecule has 1 saturated heterocycles. The van der Waals surface area contributed by atoms with Gasteiger partial charge in [-0.25, -0.2) is 4.79 Å². The minimum Gasteiger partial charge on any atom is -0.444 e. The molecule has 4 nitrogen and oxygen atoms in total. The van der Waals surface area contributed by atoms with Gasteiger partial charge in [0.1, 0.15) is 5.60 Å². The van der Waals surface area contributed by atoms with E-state index in [9.17, 15) is 4.79 Å². The van der Waals surface area contributed by atoms with Gasteiger partial charge in [0.05, 0.1) is 0 Å². The topological polar surface area (TPSA) is 32.8 Å². The van der Waals surface area contributed by atoms with Crippen LogP contribution in [0.5, 0.6) is 0 Å². The largest absolute Gasteiger partial charge is 0.444 e. The summed E-state index contributed by atoms with van der Waals surface area (Å²) < 4.78 is 5.48. The van der Waals surface area contributed by atoms with Crippen LogP contribution in [0.3, 0.4) is 0 Å². The van der Waals surface area contributed by atoms with E-state index in [-0.39, 0.29) is 6.09 Å². The Morgan fingerprint density at radius 3 is 2.39 bits per heavy atom. The first-order valence-electron chi connectivity index (χ1n) is 8.71. The highest BCUT2D eigenvalue weighted by Gasteiger charge is 2.30. The van der Waals surface area contributed by atoms with Crippen molar-refractivity contribution < 1.29 is 9.53 Å². The van der Waals surface area contributed by atoms with Crippen LogP contribution in [-0.4, -0.2) is 47.2 Å². The Balaban J connectivity index is 1.53. The summed E-state index contributed by atoms with van der Waals surface area (Å²) in [6.07, 6.45) is 3.06. The maximum absolute atomic E-state index is 12.2. The van der Waals surface area contributed by atoms with E-state index in [1.807, 2.05) is 25.7 Å². The molecule has 0 spiro atoms. The van der Waals surface area contributed by atoms with E-state index in [0.717, 1.165) is 45.4 Å². The fourth-order valence-electron chi connectivity index (χ4n) is 3.57. The number of fused-ring (bicyclic) bond motifs is 1. The van der Waals surface area contributed by atoms with Crippen LogP contribution in [0.2, 0.25) is 0 Å². The number of piperidine rings is 1. The Morgan fingerprint density at radius 1 is 1.09 bits per heavy atom. The van der Waals surface area contributed by atoms with Crippen LogP contribution in [0.1, 0.15) is 44.7 Å². The van der Waals surface area contributed by atoms with Crippen LogP contribution in [0.15, 0.2) is 24.3 Å². The summed E-state index contributed by atoms with van der Waals surface area (Å²) in [6.45, 7) is 9.55. The van der Waals surface area contributed by atoms with Crippen LogP contribution in [-0.2, 0) is 17.7 Å². The molecule has 1 aromatic carbocycles. The van der Waals surface area contributed by atoms with Gasteiger partial charge in [0.2, 0.25) is 0 Å². The predicted molar refractivity (Wildman–Crippen MR) is 91.4 cm³/mol. The van der Waals surface area contributed by atoms with Crippen LogP contribution in [0.4, 0.5) is 4.79 Å². The normalized spacial score (nSPS) is 20.2. The molecule has 0 unspecified atom stereocenters. The molecule has 1 aromatic rings. The third kappa shape index (κ3) is 4.05. The maximum atomic E-state index is 12.2. The van der Waals surface area contributed by atoms with Crippen molar-refractivity contribution in [3.8, 4) is 0 Å². The second-order valence-electron chi connectivity index (χ2n) is 7.69. The summed E-state index contributed by atoms with van der Waals surface area (Å²) in [6, 6.07) is 9.35. The number of hydrogen-bond acceptors (Lipinski definition) is 3. The van der Waals surface area contributed by atoms with Gasteiger partial charge in [-0.1, -0.05) is 24.3 Å². The number of benzene rings is 1. The molecule has 2 heterocycles. The molecular weight excluding hydrogens is 288 g/mol. The van der Waals surface area contributed by atoms with Gasteiger partial charge in [0.25, 0.3) is 0 Å². The summed E-state index contributed by atoms with van der Waals surface area (Å²) in [7, 11) is 0. The minimum absolute atomic E-state index is 0.167. The summed E-state index contributed by atoms with van der Waals surface area (Å²) in [5, 5.41) is 0. The van der Waals surface area contributed by atoms with Crippen LogP contribution < -0.4 is 0 Å². The van der Waals surface area contributed by atoms with Crippen LogP contribution in [0, 0.1) is 0 Å². The molecular formula is C19H28N2O2. The van der Waals surface area contributed by atoms with Crippen molar-refractivity contribution in [2.24, 2.45) is 0 Å². The number of carbonyl (C=O) groups is 1. The fourth-order valence-corrected chi connectivity index (χ4v) is 3.57. The molecule has 0 aromatic heterocycles. The highest BCUT2D eigenvalue weighted by molar-refractivity contribution is 5.68. The number of amides is 1. The van der Waals surface area contributed by atoms with Crippen molar-refractivity contribution in [1.82, 2.24) is 9.80 Å². The van der Waals surface area contributed by atoms with E-state index < -0.39 is 5.60 Å². The van der Waals surface area contributed by atoms with Gasteiger partial charge in [0.15, 0.2) is 0 Å². The van der Waals surface area contributed by atoms with Crippen molar-refractivity contribution >= 4 is 6.09 Å². The van der Waals surface area contributed by atoms with Gasteiger partial charge >= 0.3 is 6.09 Å². The average molecular weight is 316 g/mol. The Hall–Kier alpha value is -1.55. The standard InChI is InChI=1S/C19H28N2O2/c1-19(2,3)23-18(22)20-12-9-17(10-13-20)21-11-8-15-6-4-5-7-16(15)14-21/h4-7,17H,8-14H2,1-3H3. The van der Waals surface area contributed by atoms with Crippen molar-refractivity contribution in [2.75, 3.05) is 19.6 Å². The Labute approximate surface area is 139 Å². The zero-order chi connectivity index (χ0) is 16.4. The van der Waals surface area contributed by atoms with E-state index in [1.54, 1.807) is 0 Å². The van der Waals surface area contributed by atoms with E-state index in [0.29, 0.717) is 6.04 Å². The molecule has 2 aliphatic rings. The first kappa shape index (κ1) is 16.3. The van der Waals surface area contributed by atoms with Gasteiger partial charge in [-0.05, 0) is 51.2 Å². The van der Waals surface area contributed by atoms with Gasteiger partial charge in [-0.3, -0.25) is 4.90 Å². The second-order valence-corrected chi connectivity index (χ2v) is 7.69. The molecule has 0 aliphatic carbocycles. The van der Waals surface area contributed by atoms with Crippen molar-refractivity contribution in [3.63, 3.8) is 0 Å². The summed E-state index contributed by atoms with van der Waals surface area (Å²) in [5.41, 5.74) is 2.55. The molecule has 3 rings (SSSR count). The van der Waals surface area contributed by atoms with Gasteiger partial charge in [-0.2, -0.15) is 0 Å². The zero-order valence-electron chi connectivity index (χ0n) is 14.5. The van der Waals surface area contributed by atoms with E-state index in [4.69, 9.17) is 4.74 Å². The van der Waals surface area contributed by atoms with E-state index >= 15 is 0 Å². The highest BCUT2D eigenvalue weighted by Crippen LogP contribution is 2.25. The molecule has 0 bridgehead atoms. The Morgan fingerprint density at radius 2 is 1.74 bits per heavy atom. The Bertz CT molecular complexity index is 557. The SMILES string of the molecule is CC(C)(C)OC(=O)N1CCC(N2CCc3ccccc3C2)CC1. The van der Waals surface area contributed by atoms with E-state index in [1.165, 1.54) is 11.1 Å². The van der Waals surface area contributed by atoms with Gasteiger partial charge in [0, 0.05) is 32.2 Å². The molecule has 4 heteroatoms. The van der Waals surface area contributed by atoms with Gasteiger partial charge < -0.3 is 9.64 Å². The number of ether oxygens (including phenoxy) is 1. The lowest BCUT2D eigenvalue weighted by Crippen LogP contribution is -2.49. The molecule has 0 saturated carbocycles. The van der Waals surface area contributed by atoms with E-state index in [2.05, 4.69) is 29.2 Å². The smallest absolute Gasteiger partial charge is 0.410 e. The molecule has 23 heavy (non-hydrogen) atoms. The van der Waals surface area contributed by atoms with Crippen LogP contribution in [0.25, 0.3) is 0 Å². The molecule has 0 N–H and O–H groups in total. The lowest BCUT2D eigenvalue weighted by molar-refractivity contribution is 0.0134. The Kier molecular flexibility index (Phi) is 4.62. The fraction of sp³-hybridized carbons (Fsp3) is 0.632. The summed E-state index contributed by atoms with van der Waals surface area (Å²) >= 11 is 0. The number of likely N-dealkylation sites (tertiary alicyclic amines) is 1. The first-order valence-corrected chi connectivity index (χ1v) is 8.71. The molecule has 2 aliphatic heterocycles. The number of carbonyl (C=O) groups excluding carboxylic acids is 1. The average Bonchev–Trinajstić information content (AvgIpc) is 2.53. The molecule has 1 fully saturated rings. The van der Waals surface area contributed by atoms with Crippen molar-refractivity contribution in [2.45, 2.75) is 58.2 Å². The lowest BCUT2D eigenvalue weighted by Gasteiger charge is -2.40. The predicted octanol–water partition coefficient (Wildman–Crippen LogP) is 3.44. The quantitative estimate of drug-likeness (QED) is 0.795. The number of hydrogen-bond donors (Lipinski definition) is 0. The lowest BCUT2D eigenvalue weighted by atomic mass is 9.95. The second kappa shape index (κ2) is 6.52. The van der Waals surface area contributed by atoms with Crippen molar-refractivity contribution in [3.05, 3.63) is 35.4 Å². The minimum atomic E-state index is -0.412. The summed E-state index contributed by atoms with van der Waals surface area (Å²) in [5.74, 6) is 0.